The third kappa shape index (κ3) is 3.40. The molecule has 0 aromatic heterocycles. The minimum atomic E-state index is -0.795. The van der Waals surface area contributed by atoms with Gasteiger partial charge < -0.3 is 11.3 Å². The van der Waals surface area contributed by atoms with Gasteiger partial charge in [0.25, 0.3) is 0 Å². The molecular formula is C19H15N5O. The zero-order chi connectivity index (χ0) is 17.6. The zero-order valence-corrected chi connectivity index (χ0v) is 13.3. The van der Waals surface area contributed by atoms with Crippen molar-refractivity contribution >= 4 is 23.3 Å². The average molecular weight is 329 g/mol. The van der Waals surface area contributed by atoms with E-state index in [1.165, 1.54) is 0 Å². The van der Waals surface area contributed by atoms with Crippen molar-refractivity contribution in [2.24, 2.45) is 16.0 Å². The number of nitrogens with zero attached hydrogens (tertiary/aromatic N) is 4. The molecule has 6 heteroatoms. The summed E-state index contributed by atoms with van der Waals surface area (Å²) < 4.78 is 0. The summed E-state index contributed by atoms with van der Waals surface area (Å²) in [6.07, 6.45) is 2.26. The predicted octanol–water partition coefficient (Wildman–Crippen LogP) is 3.32. The quantitative estimate of drug-likeness (QED) is 0.528. The first-order valence-electron chi connectivity index (χ1n) is 7.65. The van der Waals surface area contributed by atoms with Gasteiger partial charge in [0.05, 0.1) is 17.0 Å². The van der Waals surface area contributed by atoms with Crippen LogP contribution in [-0.2, 0) is 4.79 Å². The Hall–Kier alpha value is -3.47. The van der Waals surface area contributed by atoms with Crippen molar-refractivity contribution in [3.8, 4) is 0 Å². The van der Waals surface area contributed by atoms with E-state index in [1.54, 1.807) is 18.2 Å². The molecule has 0 saturated carbocycles. The van der Waals surface area contributed by atoms with Crippen LogP contribution in [0.2, 0.25) is 0 Å². The fourth-order valence-electron chi connectivity index (χ4n) is 2.59. The standard InChI is InChI=1S/C19H15N5O/c20-18-16(24-23-15-9-5-2-6-10-15)11-14(12-25)17(19(18)22-21)13-7-3-1-4-8-13/h1-12,18H,20H2. The average Bonchev–Trinajstić information content (AvgIpc) is 2.68. The highest BCUT2D eigenvalue weighted by atomic mass is 16.1. The van der Waals surface area contributed by atoms with E-state index in [2.05, 4.69) is 15.0 Å². The van der Waals surface area contributed by atoms with E-state index in [0.717, 1.165) is 5.56 Å². The molecule has 1 aliphatic carbocycles. The smallest absolute Gasteiger partial charge is 0.323 e. The highest BCUT2D eigenvalue weighted by Gasteiger charge is 2.35. The predicted molar refractivity (Wildman–Crippen MR) is 95.1 cm³/mol. The summed E-state index contributed by atoms with van der Waals surface area (Å²) in [5.74, 6) is 0. The Morgan fingerprint density at radius 2 is 1.64 bits per heavy atom. The van der Waals surface area contributed by atoms with Gasteiger partial charge >= 0.3 is 5.71 Å². The molecule has 25 heavy (non-hydrogen) atoms. The number of aldehydes is 1. The lowest BCUT2D eigenvalue weighted by atomic mass is 9.86. The Kier molecular flexibility index (Phi) is 4.85. The molecule has 0 bridgehead atoms. The Morgan fingerprint density at radius 1 is 1.00 bits per heavy atom. The number of azo groups is 1. The van der Waals surface area contributed by atoms with Crippen LogP contribution in [0.5, 0.6) is 0 Å². The van der Waals surface area contributed by atoms with Crippen LogP contribution in [0.25, 0.3) is 11.1 Å². The van der Waals surface area contributed by atoms with E-state index in [0.29, 0.717) is 28.8 Å². The summed E-state index contributed by atoms with van der Waals surface area (Å²) in [4.78, 5) is 14.9. The monoisotopic (exact) mass is 329 g/mol. The molecule has 0 saturated heterocycles. The Bertz CT molecular complexity index is 923. The van der Waals surface area contributed by atoms with Gasteiger partial charge in [-0.05, 0) is 23.8 Å². The number of benzene rings is 2. The molecule has 2 aromatic rings. The first-order chi connectivity index (χ1) is 12.2. The molecule has 1 unspecified atom stereocenters. The number of allylic oxidation sites excluding steroid dienone is 2. The van der Waals surface area contributed by atoms with Crippen LogP contribution >= 0.6 is 0 Å². The van der Waals surface area contributed by atoms with Crippen LogP contribution in [0.1, 0.15) is 5.56 Å². The van der Waals surface area contributed by atoms with Gasteiger partial charge in [0, 0.05) is 5.57 Å². The summed E-state index contributed by atoms with van der Waals surface area (Å²) in [6, 6.07) is 17.5. The van der Waals surface area contributed by atoms with Crippen LogP contribution in [0.3, 0.4) is 0 Å². The second kappa shape index (κ2) is 7.40. The first kappa shape index (κ1) is 16.4. The van der Waals surface area contributed by atoms with E-state index in [9.17, 15) is 10.3 Å². The van der Waals surface area contributed by atoms with Gasteiger partial charge in [-0.1, -0.05) is 48.5 Å². The number of nitrogens with two attached hydrogens (primary N) is 1. The third-order valence-electron chi connectivity index (χ3n) is 3.80. The molecule has 2 aromatic carbocycles. The minimum absolute atomic E-state index is 0.179. The zero-order valence-electron chi connectivity index (χ0n) is 13.3. The number of hydrogen-bond acceptors (Lipinski definition) is 4. The fourth-order valence-corrected chi connectivity index (χ4v) is 2.59. The molecule has 3 rings (SSSR count). The highest BCUT2D eigenvalue weighted by molar-refractivity contribution is 6.29. The van der Waals surface area contributed by atoms with Crippen LogP contribution in [0.4, 0.5) is 5.69 Å². The van der Waals surface area contributed by atoms with E-state index < -0.39 is 6.04 Å². The topological polar surface area (TPSA) is 104 Å². The van der Waals surface area contributed by atoms with Gasteiger partial charge in [0.2, 0.25) is 0 Å². The summed E-state index contributed by atoms with van der Waals surface area (Å²) in [7, 11) is 0. The number of rotatable bonds is 4. The molecule has 2 N–H and O–H groups in total. The van der Waals surface area contributed by atoms with Crippen molar-refractivity contribution in [3.05, 3.63) is 89.1 Å². The van der Waals surface area contributed by atoms with Crippen molar-refractivity contribution < 1.29 is 9.58 Å². The normalized spacial score (nSPS) is 17.4. The van der Waals surface area contributed by atoms with Gasteiger partial charge in [-0.2, -0.15) is 15.0 Å². The van der Waals surface area contributed by atoms with Crippen molar-refractivity contribution in [2.45, 2.75) is 6.04 Å². The lowest BCUT2D eigenvalue weighted by Gasteiger charge is -2.16. The number of carbonyl (C=O) groups excluding carboxylic acids is 1. The number of carbonyl (C=O) groups is 1. The molecule has 0 spiro atoms. The second-order valence-electron chi connectivity index (χ2n) is 5.38. The van der Waals surface area contributed by atoms with Crippen LogP contribution in [0, 0.1) is 0 Å². The molecule has 0 fully saturated rings. The second-order valence-corrected chi connectivity index (χ2v) is 5.38. The molecule has 0 aliphatic heterocycles. The Labute approximate surface area is 144 Å². The minimum Gasteiger partial charge on any atom is -0.361 e. The molecule has 1 aliphatic rings. The van der Waals surface area contributed by atoms with Crippen molar-refractivity contribution in [3.63, 3.8) is 0 Å². The van der Waals surface area contributed by atoms with Gasteiger partial charge in [0.1, 0.15) is 0 Å². The van der Waals surface area contributed by atoms with Crippen LogP contribution < -0.4 is 5.73 Å². The Morgan fingerprint density at radius 3 is 2.24 bits per heavy atom. The van der Waals surface area contributed by atoms with Gasteiger partial charge in [0.15, 0.2) is 12.3 Å². The van der Waals surface area contributed by atoms with Crippen molar-refractivity contribution in [1.82, 2.24) is 0 Å². The van der Waals surface area contributed by atoms with Crippen LogP contribution in [-0.4, -0.2) is 22.8 Å². The van der Waals surface area contributed by atoms with Crippen LogP contribution in [0.15, 0.2) is 88.2 Å². The van der Waals surface area contributed by atoms with E-state index in [-0.39, 0.29) is 5.71 Å². The maximum atomic E-state index is 11.6. The summed E-state index contributed by atoms with van der Waals surface area (Å²) in [5, 5.41) is 8.25. The third-order valence-corrected chi connectivity index (χ3v) is 3.80. The van der Waals surface area contributed by atoms with E-state index in [1.807, 2.05) is 48.5 Å². The van der Waals surface area contributed by atoms with Gasteiger partial charge in [-0.3, -0.25) is 4.79 Å². The summed E-state index contributed by atoms with van der Waals surface area (Å²) in [6.45, 7) is 0. The molecule has 122 valence electrons. The van der Waals surface area contributed by atoms with Crippen molar-refractivity contribution in [2.75, 3.05) is 0 Å². The van der Waals surface area contributed by atoms with Gasteiger partial charge in [-0.15, -0.1) is 0 Å². The van der Waals surface area contributed by atoms with E-state index >= 15 is 0 Å². The highest BCUT2D eigenvalue weighted by Crippen LogP contribution is 2.29. The summed E-state index contributed by atoms with van der Waals surface area (Å²) >= 11 is 0. The van der Waals surface area contributed by atoms with E-state index in [4.69, 9.17) is 5.73 Å². The largest absolute Gasteiger partial charge is 0.361 e. The fraction of sp³-hybridized carbons (Fsp3) is 0.0526. The molecule has 0 heterocycles. The SMILES string of the molecule is [N-]=[N+]=C1C(c2ccccc2)=C(C=O)C=C(N=Nc2ccccc2)C1N. The lowest BCUT2D eigenvalue weighted by Crippen LogP contribution is -2.36. The number of hydrogen-bond donors (Lipinski definition) is 1. The maximum Gasteiger partial charge on any atom is 0.323 e. The molecule has 0 amide bonds. The molecular weight excluding hydrogens is 314 g/mol. The molecule has 1 atom stereocenters. The first-order valence-corrected chi connectivity index (χ1v) is 7.65. The van der Waals surface area contributed by atoms with Crippen molar-refractivity contribution in [1.29, 1.82) is 0 Å². The Balaban J connectivity index is 2.08. The summed E-state index contributed by atoms with van der Waals surface area (Å²) in [5.41, 5.74) is 18.4. The molecule has 0 radical (unpaired) electrons. The lowest BCUT2D eigenvalue weighted by molar-refractivity contribution is -0.104. The molecule has 6 nitrogen and oxygen atoms in total. The maximum absolute atomic E-state index is 11.6. The van der Waals surface area contributed by atoms with Gasteiger partial charge in [-0.25, -0.2) is 0 Å².